The van der Waals surface area contributed by atoms with Crippen LogP contribution in [0, 0.1) is 11.3 Å². The summed E-state index contributed by atoms with van der Waals surface area (Å²) in [7, 11) is 0. The van der Waals surface area contributed by atoms with Crippen LogP contribution in [0.25, 0.3) is 0 Å². The molecule has 3 aliphatic rings. The van der Waals surface area contributed by atoms with Crippen molar-refractivity contribution in [3.8, 4) is 0 Å². The molecule has 0 spiro atoms. The normalized spacial score (nSPS) is 40.2. The molecular weight excluding hydrogens is 464 g/mol. The number of ketones is 2. The van der Waals surface area contributed by atoms with Gasteiger partial charge in [0.2, 0.25) is 5.79 Å². The number of Topliss-reactive ketones (excluding diaryl/α,β-unsaturated/α-hetero) is 2. The molecule has 2 aliphatic carbocycles. The molecule has 1 heterocycles. The van der Waals surface area contributed by atoms with Gasteiger partial charge in [0.05, 0.1) is 5.41 Å². The molecule has 5 N–H and O–H groups in total. The van der Waals surface area contributed by atoms with E-state index in [0.29, 0.717) is 0 Å². The second-order valence-electron chi connectivity index (χ2n) is 10.0. The Kier molecular flexibility index (Phi) is 6.87. The largest absolute Gasteiger partial charge is 0.508 e. The molecule has 0 aromatic heterocycles. The number of aliphatic hydroxyl groups excluding tert-OH is 3. The Hall–Kier alpha value is -3.20. The van der Waals surface area contributed by atoms with Crippen molar-refractivity contribution in [2.24, 2.45) is 11.3 Å². The Morgan fingerprint density at radius 3 is 1.97 bits per heavy atom. The number of carbonyl (C=O) groups is 2. The molecule has 1 saturated heterocycles. The van der Waals surface area contributed by atoms with E-state index in [9.17, 15) is 35.1 Å². The maximum Gasteiger partial charge on any atom is 0.209 e. The van der Waals surface area contributed by atoms with Gasteiger partial charge in [-0.3, -0.25) is 9.59 Å². The summed E-state index contributed by atoms with van der Waals surface area (Å²) in [6.07, 6.45) is 11.8. The van der Waals surface area contributed by atoms with Crippen LogP contribution in [0.4, 0.5) is 0 Å². The molecular formula is C28H34O8. The van der Waals surface area contributed by atoms with Gasteiger partial charge in [-0.2, -0.15) is 0 Å². The number of rotatable bonds is 4. The van der Waals surface area contributed by atoms with E-state index < -0.39 is 63.6 Å². The Labute approximate surface area is 210 Å². The van der Waals surface area contributed by atoms with Crippen LogP contribution in [0.5, 0.6) is 0 Å². The van der Waals surface area contributed by atoms with E-state index in [1.54, 1.807) is 38.2 Å². The van der Waals surface area contributed by atoms with Crippen LogP contribution in [-0.2, 0) is 14.3 Å². The molecule has 0 radical (unpaired) electrons. The highest BCUT2D eigenvalue weighted by Gasteiger charge is 2.81. The van der Waals surface area contributed by atoms with Crippen molar-refractivity contribution in [3.63, 3.8) is 0 Å². The second-order valence-corrected chi connectivity index (χ2v) is 10.0. The second kappa shape index (κ2) is 9.03. The van der Waals surface area contributed by atoms with E-state index in [1.165, 1.54) is 52.0 Å². The molecule has 0 bridgehead atoms. The molecule has 3 rings (SSSR count). The third kappa shape index (κ3) is 3.55. The fourth-order valence-corrected chi connectivity index (χ4v) is 5.77. The highest BCUT2D eigenvalue weighted by molar-refractivity contribution is 6.09. The van der Waals surface area contributed by atoms with Crippen molar-refractivity contribution < 1.29 is 39.9 Å². The van der Waals surface area contributed by atoms with Gasteiger partial charge in [-0.1, -0.05) is 36.5 Å². The zero-order valence-electron chi connectivity index (χ0n) is 21.4. The van der Waals surface area contributed by atoms with E-state index in [2.05, 4.69) is 0 Å². The lowest BCUT2D eigenvalue weighted by molar-refractivity contribution is -0.326. The Balaban J connectivity index is 2.41. The predicted molar refractivity (Wildman–Crippen MR) is 134 cm³/mol. The summed E-state index contributed by atoms with van der Waals surface area (Å²) in [5, 5.41) is 56.1. The fraction of sp³-hybridized carbons (Fsp3) is 0.429. The average Bonchev–Trinajstić information content (AvgIpc) is 3.01. The van der Waals surface area contributed by atoms with Crippen LogP contribution in [0.2, 0.25) is 0 Å². The van der Waals surface area contributed by atoms with E-state index in [4.69, 9.17) is 4.74 Å². The minimum atomic E-state index is -2.60. The van der Waals surface area contributed by atoms with Gasteiger partial charge < -0.3 is 30.3 Å². The summed E-state index contributed by atoms with van der Waals surface area (Å²) in [6.45, 7) is 8.82. The number of hydrogen-bond donors (Lipinski definition) is 5. The summed E-state index contributed by atoms with van der Waals surface area (Å²) in [4.78, 5) is 27.5. The quantitative estimate of drug-likeness (QED) is 0.221. The molecule has 0 amide bonds. The topological polar surface area (TPSA) is 145 Å². The van der Waals surface area contributed by atoms with Gasteiger partial charge in [0, 0.05) is 29.1 Å². The summed E-state index contributed by atoms with van der Waals surface area (Å²) in [5.41, 5.74) is -6.64. The van der Waals surface area contributed by atoms with Gasteiger partial charge in [0.1, 0.15) is 28.5 Å². The number of allylic oxidation sites excluding steroid dienone is 9. The lowest BCUT2D eigenvalue weighted by Gasteiger charge is -2.51. The van der Waals surface area contributed by atoms with Crippen molar-refractivity contribution in [1.82, 2.24) is 0 Å². The lowest BCUT2D eigenvalue weighted by atomic mass is 9.52. The standard InChI is InChI=1S/C28H34O8/c1-7-9-11-13-18(29)17-15-25(4,34)28(35)26(5,24(17)33)22-20(19(30)14-12-10-8-2)21(31)16(3)23(32)27(22,6)36-28/h7-14,22,29-31,34-35H,15H2,1-6H3/b9-7+,10-8+,13-11+,14-12+,18-17-,20-19+. The van der Waals surface area contributed by atoms with Crippen LogP contribution in [0.1, 0.15) is 48.0 Å². The van der Waals surface area contributed by atoms with Gasteiger partial charge in [-0.05, 0) is 53.7 Å². The average molecular weight is 499 g/mol. The summed E-state index contributed by atoms with van der Waals surface area (Å²) in [5.74, 6) is -6.90. The first-order valence-electron chi connectivity index (χ1n) is 11.7. The van der Waals surface area contributed by atoms with Gasteiger partial charge in [0.15, 0.2) is 11.6 Å². The van der Waals surface area contributed by atoms with Crippen molar-refractivity contribution in [2.45, 2.75) is 65.0 Å². The maximum absolute atomic E-state index is 14.1. The van der Waals surface area contributed by atoms with Crippen molar-refractivity contribution in [1.29, 1.82) is 0 Å². The summed E-state index contributed by atoms with van der Waals surface area (Å²) in [6, 6.07) is 0. The van der Waals surface area contributed by atoms with Crippen molar-refractivity contribution in [2.75, 3.05) is 0 Å². The molecule has 0 aromatic carbocycles. The zero-order valence-corrected chi connectivity index (χ0v) is 21.4. The molecule has 1 aliphatic heterocycles. The molecule has 5 atom stereocenters. The molecule has 5 unspecified atom stereocenters. The van der Waals surface area contributed by atoms with Crippen molar-refractivity contribution >= 4 is 11.6 Å². The number of carbonyl (C=O) groups excluding carboxylic acids is 2. The van der Waals surface area contributed by atoms with E-state index in [1.807, 2.05) is 0 Å². The molecule has 8 heteroatoms. The fourth-order valence-electron chi connectivity index (χ4n) is 5.77. The number of hydrogen-bond acceptors (Lipinski definition) is 8. The minimum absolute atomic E-state index is 0.124. The Bertz CT molecular complexity index is 1210. The first kappa shape index (κ1) is 27.4. The summed E-state index contributed by atoms with van der Waals surface area (Å²) < 4.78 is 5.97. The van der Waals surface area contributed by atoms with Crippen LogP contribution >= 0.6 is 0 Å². The van der Waals surface area contributed by atoms with E-state index >= 15 is 0 Å². The van der Waals surface area contributed by atoms with Gasteiger partial charge in [-0.25, -0.2) is 0 Å². The maximum atomic E-state index is 14.1. The minimum Gasteiger partial charge on any atom is -0.508 e. The molecule has 194 valence electrons. The third-order valence-corrected chi connectivity index (χ3v) is 7.58. The van der Waals surface area contributed by atoms with Gasteiger partial charge in [-0.15, -0.1) is 0 Å². The van der Waals surface area contributed by atoms with Gasteiger partial charge >= 0.3 is 0 Å². The monoisotopic (exact) mass is 498 g/mol. The Morgan fingerprint density at radius 2 is 1.44 bits per heavy atom. The van der Waals surface area contributed by atoms with Crippen LogP contribution < -0.4 is 0 Å². The number of ether oxygens (including phenoxy) is 1. The summed E-state index contributed by atoms with van der Waals surface area (Å²) >= 11 is 0. The molecule has 8 nitrogen and oxygen atoms in total. The number of aliphatic hydroxyl groups is 5. The van der Waals surface area contributed by atoms with Crippen LogP contribution in [0.3, 0.4) is 0 Å². The first-order valence-corrected chi connectivity index (χ1v) is 11.7. The molecule has 0 aromatic rings. The highest BCUT2D eigenvalue weighted by Crippen LogP contribution is 2.67. The SMILES string of the molecule is C/C=C/C=C/C(O)=C1\CC(C)(O)C2(O)OC3(C)C(=O)C(C)=C(O)/C(=C(O)/C=C/C=C/C)C3C2(C)C1=O. The van der Waals surface area contributed by atoms with E-state index in [0.717, 1.165) is 0 Å². The molecule has 36 heavy (non-hydrogen) atoms. The molecule has 1 saturated carbocycles. The van der Waals surface area contributed by atoms with Gasteiger partial charge in [0.25, 0.3) is 0 Å². The smallest absolute Gasteiger partial charge is 0.209 e. The predicted octanol–water partition coefficient (Wildman–Crippen LogP) is 4.11. The highest BCUT2D eigenvalue weighted by atomic mass is 16.7. The zero-order chi connectivity index (χ0) is 27.3. The Morgan fingerprint density at radius 1 is 0.917 bits per heavy atom. The van der Waals surface area contributed by atoms with Crippen LogP contribution in [0.15, 0.2) is 82.6 Å². The lowest BCUT2D eigenvalue weighted by Crippen LogP contribution is -2.68. The van der Waals surface area contributed by atoms with E-state index in [-0.39, 0.29) is 16.7 Å². The molecule has 2 fully saturated rings. The first-order chi connectivity index (χ1) is 16.7. The third-order valence-electron chi connectivity index (χ3n) is 7.58. The van der Waals surface area contributed by atoms with Crippen molar-refractivity contribution in [3.05, 3.63) is 82.6 Å². The van der Waals surface area contributed by atoms with Crippen LogP contribution in [-0.4, -0.2) is 54.1 Å². The number of fused-ring (bicyclic) bond motifs is 3.